The average molecular weight is 490 g/mol. The van der Waals surface area contributed by atoms with Gasteiger partial charge in [-0.2, -0.15) is 0 Å². The second kappa shape index (κ2) is 10.2. The molecule has 190 valence electrons. The summed E-state index contributed by atoms with van der Waals surface area (Å²) in [7, 11) is 1.62. The molecule has 1 aliphatic carbocycles. The van der Waals surface area contributed by atoms with Crippen molar-refractivity contribution in [2.24, 2.45) is 0 Å². The lowest BCUT2D eigenvalue weighted by Gasteiger charge is -2.45. The van der Waals surface area contributed by atoms with E-state index in [9.17, 15) is 9.59 Å². The van der Waals surface area contributed by atoms with Crippen LogP contribution in [0.25, 0.3) is 11.5 Å². The molecule has 3 aromatic rings. The second-order valence-electron chi connectivity index (χ2n) is 10.2. The zero-order valence-electron chi connectivity index (χ0n) is 21.2. The largest absolute Gasteiger partial charge is 0.496 e. The molecule has 1 saturated carbocycles. The fourth-order valence-corrected chi connectivity index (χ4v) is 5.61. The molecule has 0 spiro atoms. The predicted octanol–water partition coefficient (Wildman–Crippen LogP) is 5.40. The maximum absolute atomic E-state index is 14.0. The van der Waals surface area contributed by atoms with Crippen molar-refractivity contribution >= 4 is 11.8 Å². The maximum atomic E-state index is 14.0. The quantitative estimate of drug-likeness (QED) is 0.503. The molecule has 2 amide bonds. The van der Waals surface area contributed by atoms with Gasteiger partial charge in [0.25, 0.3) is 5.91 Å². The van der Waals surface area contributed by atoms with Crippen molar-refractivity contribution in [2.75, 3.05) is 7.11 Å². The molecule has 36 heavy (non-hydrogen) atoms. The number of benzene rings is 1. The fourth-order valence-electron chi connectivity index (χ4n) is 5.61. The van der Waals surface area contributed by atoms with Crippen molar-refractivity contribution in [1.29, 1.82) is 0 Å². The van der Waals surface area contributed by atoms with Crippen LogP contribution in [0.2, 0.25) is 0 Å². The van der Waals surface area contributed by atoms with E-state index in [1.807, 2.05) is 60.0 Å². The molecular weight excluding hydrogens is 454 g/mol. The van der Waals surface area contributed by atoms with E-state index in [2.05, 4.69) is 5.32 Å². The Morgan fingerprint density at radius 2 is 1.75 bits per heavy atom. The number of carbonyl (C=O) groups is 2. The standard InChI is InChI=1S/C29H35N3O4/c1-29(28(34)30-22-12-6-4-3-5-7-13-22)20-31-23(26-15-10-18-36-26)16-17-24(31)27(33)32(29)19-21-11-8-9-14-25(21)35-2/h8-11,14-18,22H,3-7,12-13,19-20H2,1-2H3,(H,30,34)/t29-/m1/s1. The Morgan fingerprint density at radius 1 is 1.03 bits per heavy atom. The summed E-state index contributed by atoms with van der Waals surface area (Å²) in [4.78, 5) is 29.7. The third kappa shape index (κ3) is 4.54. The van der Waals surface area contributed by atoms with Gasteiger partial charge in [0.05, 0.1) is 32.2 Å². The van der Waals surface area contributed by atoms with E-state index in [-0.39, 0.29) is 24.4 Å². The molecule has 0 saturated heterocycles. The van der Waals surface area contributed by atoms with Crippen molar-refractivity contribution in [1.82, 2.24) is 14.8 Å². The molecule has 2 aliphatic rings. The molecule has 2 aromatic heterocycles. The van der Waals surface area contributed by atoms with Crippen LogP contribution in [-0.4, -0.2) is 40.0 Å². The van der Waals surface area contributed by atoms with Crippen LogP contribution >= 0.6 is 0 Å². The highest BCUT2D eigenvalue weighted by Gasteiger charge is 2.48. The van der Waals surface area contributed by atoms with Crippen LogP contribution in [-0.2, 0) is 17.9 Å². The predicted molar refractivity (Wildman–Crippen MR) is 138 cm³/mol. The first kappa shape index (κ1) is 24.2. The number of ether oxygens (including phenoxy) is 1. The van der Waals surface area contributed by atoms with Crippen molar-refractivity contribution in [3.63, 3.8) is 0 Å². The summed E-state index contributed by atoms with van der Waals surface area (Å²) in [6, 6.07) is 15.2. The minimum absolute atomic E-state index is 0.110. The topological polar surface area (TPSA) is 76.7 Å². The molecule has 1 atom stereocenters. The van der Waals surface area contributed by atoms with E-state index in [4.69, 9.17) is 9.15 Å². The van der Waals surface area contributed by atoms with Gasteiger partial charge in [-0.1, -0.05) is 50.3 Å². The summed E-state index contributed by atoms with van der Waals surface area (Å²) in [5.41, 5.74) is 1.12. The molecule has 0 bridgehead atoms. The first-order valence-electron chi connectivity index (χ1n) is 13.0. The number of hydrogen-bond donors (Lipinski definition) is 1. The number of nitrogens with one attached hydrogen (secondary N) is 1. The number of furan rings is 1. The Hall–Kier alpha value is -3.48. The fraction of sp³-hybridized carbons (Fsp3) is 0.448. The minimum atomic E-state index is -1.09. The van der Waals surface area contributed by atoms with Crippen LogP contribution in [0.4, 0.5) is 0 Å². The Morgan fingerprint density at radius 3 is 2.47 bits per heavy atom. The van der Waals surface area contributed by atoms with Crippen molar-refractivity contribution in [2.45, 2.75) is 76.5 Å². The van der Waals surface area contributed by atoms with E-state index in [1.54, 1.807) is 18.3 Å². The number of nitrogens with zero attached hydrogens (tertiary/aromatic N) is 2. The van der Waals surface area contributed by atoms with Gasteiger partial charge in [0.1, 0.15) is 22.7 Å². The van der Waals surface area contributed by atoms with Crippen LogP contribution in [0.1, 0.15) is 67.9 Å². The van der Waals surface area contributed by atoms with Crippen molar-refractivity contribution in [3.8, 4) is 17.2 Å². The molecule has 7 heteroatoms. The van der Waals surface area contributed by atoms with Gasteiger partial charge in [0.2, 0.25) is 5.91 Å². The first-order chi connectivity index (χ1) is 17.5. The Balaban J connectivity index is 1.51. The van der Waals surface area contributed by atoms with Crippen molar-refractivity contribution in [3.05, 3.63) is 66.1 Å². The Labute approximate surface area is 212 Å². The number of carbonyl (C=O) groups excluding carboxylic acids is 2. The van der Waals surface area contributed by atoms with E-state index < -0.39 is 5.54 Å². The van der Waals surface area contributed by atoms with Crippen LogP contribution < -0.4 is 10.1 Å². The smallest absolute Gasteiger partial charge is 0.271 e. The molecular formula is C29H35N3O4. The van der Waals surface area contributed by atoms with Gasteiger partial charge >= 0.3 is 0 Å². The lowest BCUT2D eigenvalue weighted by atomic mass is 9.91. The van der Waals surface area contributed by atoms with Gasteiger partial charge in [-0.3, -0.25) is 9.59 Å². The van der Waals surface area contributed by atoms with Gasteiger partial charge in [-0.05, 0) is 50.1 Å². The Kier molecular flexibility index (Phi) is 6.90. The highest BCUT2D eigenvalue weighted by molar-refractivity contribution is 6.00. The molecule has 1 aliphatic heterocycles. The highest BCUT2D eigenvalue weighted by Crippen LogP contribution is 2.35. The van der Waals surface area contributed by atoms with Gasteiger partial charge in [0.15, 0.2) is 0 Å². The molecule has 0 radical (unpaired) electrons. The molecule has 1 fully saturated rings. The zero-order chi connectivity index (χ0) is 25.1. The number of hydrogen-bond acceptors (Lipinski definition) is 4. The minimum Gasteiger partial charge on any atom is -0.496 e. The van der Waals surface area contributed by atoms with Crippen LogP contribution in [0, 0.1) is 0 Å². The molecule has 7 nitrogen and oxygen atoms in total. The normalized spacial score (nSPS) is 20.9. The monoisotopic (exact) mass is 489 g/mol. The summed E-state index contributed by atoms with van der Waals surface area (Å²) < 4.78 is 13.1. The van der Waals surface area contributed by atoms with Gasteiger partial charge < -0.3 is 23.9 Å². The third-order valence-electron chi connectivity index (χ3n) is 7.73. The summed E-state index contributed by atoms with van der Waals surface area (Å²) in [5.74, 6) is 1.08. The van der Waals surface area contributed by atoms with E-state index >= 15 is 0 Å². The lowest BCUT2D eigenvalue weighted by molar-refractivity contribution is -0.134. The van der Waals surface area contributed by atoms with E-state index in [1.165, 1.54) is 19.3 Å². The molecule has 3 heterocycles. The SMILES string of the molecule is COc1ccccc1CN1C(=O)c2ccc(-c3ccco3)n2C[C@]1(C)C(=O)NC1CCCCCCC1. The van der Waals surface area contributed by atoms with E-state index in [0.29, 0.717) is 23.7 Å². The zero-order valence-corrected chi connectivity index (χ0v) is 21.2. The number of rotatable bonds is 6. The number of fused-ring (bicyclic) bond motifs is 1. The van der Waals surface area contributed by atoms with Crippen LogP contribution in [0.15, 0.2) is 59.2 Å². The number of amides is 2. The number of para-hydroxylation sites is 1. The Bertz CT molecular complexity index is 1210. The van der Waals surface area contributed by atoms with Gasteiger partial charge in [-0.15, -0.1) is 0 Å². The molecule has 0 unspecified atom stereocenters. The van der Waals surface area contributed by atoms with E-state index in [0.717, 1.165) is 36.9 Å². The molecule has 5 rings (SSSR count). The summed E-state index contributed by atoms with van der Waals surface area (Å²) >= 11 is 0. The lowest BCUT2D eigenvalue weighted by Crippen LogP contribution is -2.64. The van der Waals surface area contributed by atoms with Gasteiger partial charge in [-0.25, -0.2) is 0 Å². The summed E-state index contributed by atoms with van der Waals surface area (Å²) in [6.45, 7) is 2.50. The van der Waals surface area contributed by atoms with Crippen molar-refractivity contribution < 1.29 is 18.7 Å². The third-order valence-corrected chi connectivity index (χ3v) is 7.73. The number of methoxy groups -OCH3 is 1. The molecule has 1 aromatic carbocycles. The maximum Gasteiger partial charge on any atom is 0.271 e. The average Bonchev–Trinajstić information content (AvgIpc) is 3.53. The summed E-state index contributed by atoms with van der Waals surface area (Å²) in [5, 5.41) is 3.34. The molecule has 1 N–H and O–H groups in total. The second-order valence-corrected chi connectivity index (χ2v) is 10.2. The van der Waals surface area contributed by atoms with Crippen LogP contribution in [0.5, 0.6) is 5.75 Å². The van der Waals surface area contributed by atoms with Gasteiger partial charge in [0, 0.05) is 11.6 Å². The first-order valence-corrected chi connectivity index (χ1v) is 13.0. The highest BCUT2D eigenvalue weighted by atomic mass is 16.5. The summed E-state index contributed by atoms with van der Waals surface area (Å²) in [6.07, 6.45) is 9.51. The number of aromatic nitrogens is 1. The van der Waals surface area contributed by atoms with Crippen LogP contribution in [0.3, 0.4) is 0 Å².